The van der Waals surface area contributed by atoms with Gasteiger partial charge in [0.05, 0.1) is 0 Å². The molecular formula is C10H12N2O6. The first kappa shape index (κ1) is 12.3. The van der Waals surface area contributed by atoms with Crippen LogP contribution in [0.5, 0.6) is 0 Å². The van der Waals surface area contributed by atoms with Crippen molar-refractivity contribution >= 4 is 23.9 Å². The van der Waals surface area contributed by atoms with Gasteiger partial charge < -0.3 is 9.94 Å². The molecule has 0 unspecified atom stereocenters. The summed E-state index contributed by atoms with van der Waals surface area (Å²) in [6, 6.07) is -0.953. The van der Waals surface area contributed by atoms with Crippen molar-refractivity contribution in [1.29, 1.82) is 0 Å². The summed E-state index contributed by atoms with van der Waals surface area (Å²) in [5.41, 5.74) is 0. The Kier molecular flexibility index (Phi) is 3.17. The molecule has 2 rings (SSSR count). The number of carbonyl (C=O) groups excluding carboxylic acids is 3. The molecule has 8 nitrogen and oxygen atoms in total. The first-order chi connectivity index (χ1) is 8.50. The summed E-state index contributed by atoms with van der Waals surface area (Å²) >= 11 is 0. The molecule has 18 heavy (non-hydrogen) atoms. The summed E-state index contributed by atoms with van der Waals surface area (Å²) in [7, 11) is 0. The van der Waals surface area contributed by atoms with Crippen molar-refractivity contribution in [3.8, 4) is 0 Å². The number of amides is 3. The minimum Gasteiger partial charge on any atom is -0.480 e. The van der Waals surface area contributed by atoms with Gasteiger partial charge in [0.1, 0.15) is 6.04 Å². The predicted octanol–water partition coefficient (Wildman–Crippen LogP) is -0.264. The van der Waals surface area contributed by atoms with Gasteiger partial charge in [-0.15, -0.1) is 5.06 Å². The fourth-order valence-electron chi connectivity index (χ4n) is 2.03. The summed E-state index contributed by atoms with van der Waals surface area (Å²) in [6.45, 7) is 0.242. The lowest BCUT2D eigenvalue weighted by Gasteiger charge is -2.22. The van der Waals surface area contributed by atoms with Crippen LogP contribution in [0.25, 0.3) is 0 Å². The van der Waals surface area contributed by atoms with E-state index in [1.807, 2.05) is 0 Å². The SMILES string of the molecule is O=C(O)[C@@H]1CCCN1C(=O)ON1C(=O)CCC1=O. The molecular weight excluding hydrogens is 244 g/mol. The summed E-state index contributed by atoms with van der Waals surface area (Å²) in [4.78, 5) is 50.7. The third kappa shape index (κ3) is 2.13. The molecule has 0 aromatic carbocycles. The van der Waals surface area contributed by atoms with Gasteiger partial charge in [-0.2, -0.15) is 0 Å². The molecule has 0 aromatic rings. The number of likely N-dealkylation sites (tertiary alicyclic amines) is 1. The summed E-state index contributed by atoms with van der Waals surface area (Å²) < 4.78 is 0. The van der Waals surface area contributed by atoms with Gasteiger partial charge in [-0.3, -0.25) is 14.5 Å². The zero-order valence-corrected chi connectivity index (χ0v) is 9.50. The van der Waals surface area contributed by atoms with Gasteiger partial charge >= 0.3 is 12.1 Å². The van der Waals surface area contributed by atoms with Crippen molar-refractivity contribution in [2.24, 2.45) is 0 Å². The highest BCUT2D eigenvalue weighted by Crippen LogP contribution is 2.20. The molecule has 98 valence electrons. The van der Waals surface area contributed by atoms with Gasteiger partial charge in [-0.05, 0) is 12.8 Å². The van der Waals surface area contributed by atoms with Gasteiger partial charge in [0.15, 0.2) is 0 Å². The average Bonchev–Trinajstić information content (AvgIpc) is 2.90. The molecule has 1 atom stereocenters. The number of rotatable bonds is 2. The van der Waals surface area contributed by atoms with E-state index >= 15 is 0 Å². The van der Waals surface area contributed by atoms with Crippen LogP contribution in [0.3, 0.4) is 0 Å². The minimum atomic E-state index is -1.12. The number of carbonyl (C=O) groups is 4. The molecule has 2 aliphatic heterocycles. The van der Waals surface area contributed by atoms with E-state index in [0.717, 1.165) is 4.90 Å². The van der Waals surface area contributed by atoms with Crippen molar-refractivity contribution in [3.05, 3.63) is 0 Å². The smallest absolute Gasteiger partial charge is 0.435 e. The van der Waals surface area contributed by atoms with Crippen molar-refractivity contribution < 1.29 is 29.1 Å². The van der Waals surface area contributed by atoms with Crippen LogP contribution in [0.15, 0.2) is 0 Å². The molecule has 0 aromatic heterocycles. The van der Waals surface area contributed by atoms with Crippen molar-refractivity contribution in [2.45, 2.75) is 31.7 Å². The van der Waals surface area contributed by atoms with Crippen LogP contribution in [0, 0.1) is 0 Å². The summed E-state index contributed by atoms with van der Waals surface area (Å²) in [5, 5.41) is 9.32. The van der Waals surface area contributed by atoms with E-state index in [1.54, 1.807) is 0 Å². The second kappa shape index (κ2) is 4.63. The fourth-order valence-corrected chi connectivity index (χ4v) is 2.03. The van der Waals surface area contributed by atoms with Crippen LogP contribution in [0.2, 0.25) is 0 Å². The number of carboxylic acid groups (broad SMARTS) is 1. The average molecular weight is 256 g/mol. The normalized spacial score (nSPS) is 23.7. The molecule has 0 spiro atoms. The summed E-state index contributed by atoms with van der Waals surface area (Å²) in [5.74, 6) is -2.29. The van der Waals surface area contributed by atoms with E-state index in [0.29, 0.717) is 17.9 Å². The van der Waals surface area contributed by atoms with Crippen molar-refractivity contribution in [3.63, 3.8) is 0 Å². The van der Waals surface area contributed by atoms with Gasteiger partial charge in [0.2, 0.25) is 0 Å². The highest BCUT2D eigenvalue weighted by atomic mass is 16.7. The Hall–Kier alpha value is -2.12. The first-order valence-electron chi connectivity index (χ1n) is 5.58. The maximum absolute atomic E-state index is 11.7. The molecule has 0 bridgehead atoms. The number of hydrogen-bond acceptors (Lipinski definition) is 5. The van der Waals surface area contributed by atoms with Crippen LogP contribution in [0.4, 0.5) is 4.79 Å². The van der Waals surface area contributed by atoms with E-state index in [2.05, 4.69) is 4.84 Å². The summed E-state index contributed by atoms with van der Waals surface area (Å²) in [6.07, 6.45) is -0.0630. The lowest BCUT2D eigenvalue weighted by atomic mass is 10.2. The second-order valence-electron chi connectivity index (χ2n) is 4.13. The van der Waals surface area contributed by atoms with E-state index in [-0.39, 0.29) is 19.4 Å². The minimum absolute atomic E-state index is 0.00841. The van der Waals surface area contributed by atoms with Gasteiger partial charge in [-0.1, -0.05) is 0 Å². The van der Waals surface area contributed by atoms with Crippen LogP contribution in [0.1, 0.15) is 25.7 Å². The number of hydroxylamine groups is 2. The van der Waals surface area contributed by atoms with Gasteiger partial charge in [0, 0.05) is 19.4 Å². The quantitative estimate of drug-likeness (QED) is 0.682. The molecule has 0 radical (unpaired) electrons. The molecule has 0 saturated carbocycles. The van der Waals surface area contributed by atoms with Gasteiger partial charge in [-0.25, -0.2) is 9.59 Å². The van der Waals surface area contributed by atoms with Crippen molar-refractivity contribution in [1.82, 2.24) is 9.96 Å². The molecule has 2 fully saturated rings. The third-order valence-corrected chi connectivity index (χ3v) is 2.95. The number of imide groups is 1. The van der Waals surface area contributed by atoms with Gasteiger partial charge in [0.25, 0.3) is 11.8 Å². The highest BCUT2D eigenvalue weighted by Gasteiger charge is 2.39. The van der Waals surface area contributed by atoms with Crippen LogP contribution < -0.4 is 0 Å². The first-order valence-corrected chi connectivity index (χ1v) is 5.58. The largest absolute Gasteiger partial charge is 0.480 e. The topological polar surface area (TPSA) is 104 Å². The number of nitrogens with zero attached hydrogens (tertiary/aromatic N) is 2. The Morgan fingerprint density at radius 3 is 2.39 bits per heavy atom. The predicted molar refractivity (Wildman–Crippen MR) is 54.9 cm³/mol. The monoisotopic (exact) mass is 256 g/mol. The Morgan fingerprint density at radius 2 is 1.83 bits per heavy atom. The molecule has 2 aliphatic rings. The lowest BCUT2D eigenvalue weighted by Crippen LogP contribution is -2.44. The van der Waals surface area contributed by atoms with E-state index < -0.39 is 29.9 Å². The molecule has 1 N–H and O–H groups in total. The van der Waals surface area contributed by atoms with Crippen LogP contribution >= 0.6 is 0 Å². The van der Waals surface area contributed by atoms with E-state index in [1.165, 1.54) is 0 Å². The molecule has 3 amide bonds. The molecule has 8 heteroatoms. The Labute approximate surface area is 102 Å². The number of carboxylic acids is 1. The fraction of sp³-hybridized carbons (Fsp3) is 0.600. The van der Waals surface area contributed by atoms with E-state index in [9.17, 15) is 19.2 Å². The zero-order valence-electron chi connectivity index (χ0n) is 9.50. The van der Waals surface area contributed by atoms with Crippen LogP contribution in [-0.4, -0.2) is 51.5 Å². The zero-order chi connectivity index (χ0) is 13.3. The number of hydrogen-bond donors (Lipinski definition) is 1. The molecule has 0 aliphatic carbocycles. The number of aliphatic carboxylic acids is 1. The second-order valence-corrected chi connectivity index (χ2v) is 4.13. The maximum Gasteiger partial charge on any atom is 0.435 e. The Morgan fingerprint density at radius 1 is 1.22 bits per heavy atom. The standard InChI is InChI=1S/C10H12N2O6/c13-7-3-4-8(14)12(7)18-10(17)11-5-1-2-6(11)9(15)16/h6H,1-5H2,(H,15,16)/t6-/m0/s1. The Bertz CT molecular complexity index is 405. The van der Waals surface area contributed by atoms with Crippen LogP contribution in [-0.2, 0) is 19.2 Å². The maximum atomic E-state index is 11.7. The molecule has 2 heterocycles. The Balaban J connectivity index is 2.01. The molecule has 2 saturated heterocycles. The third-order valence-electron chi connectivity index (χ3n) is 2.95. The van der Waals surface area contributed by atoms with E-state index in [4.69, 9.17) is 5.11 Å². The highest BCUT2D eigenvalue weighted by molar-refractivity contribution is 6.01. The lowest BCUT2D eigenvalue weighted by molar-refractivity contribution is -0.174. The van der Waals surface area contributed by atoms with Crippen molar-refractivity contribution in [2.75, 3.05) is 6.54 Å².